The number of hydrogen-bond donors (Lipinski definition) is 2. The van der Waals surface area contributed by atoms with Gasteiger partial charge in [-0.25, -0.2) is 4.79 Å². The average molecular weight is 516 g/mol. The number of halogens is 4. The van der Waals surface area contributed by atoms with E-state index in [1.807, 2.05) is 0 Å². The van der Waals surface area contributed by atoms with Crippen LogP contribution < -0.4 is 10.6 Å². The third-order valence-electron chi connectivity index (χ3n) is 4.76. The molecule has 1 atom stereocenters. The lowest BCUT2D eigenvalue weighted by molar-refractivity contribution is -0.137. The number of carbonyl (C=O) groups is 3. The van der Waals surface area contributed by atoms with Crippen LogP contribution in [0.2, 0.25) is 5.02 Å². The van der Waals surface area contributed by atoms with E-state index in [0.29, 0.717) is 11.8 Å². The van der Waals surface area contributed by atoms with E-state index in [1.165, 1.54) is 36.4 Å². The van der Waals surface area contributed by atoms with Crippen LogP contribution in [0.5, 0.6) is 0 Å². The van der Waals surface area contributed by atoms with E-state index >= 15 is 0 Å². The first-order valence-electron chi connectivity index (χ1n) is 10.3. The summed E-state index contributed by atoms with van der Waals surface area (Å²) in [7, 11) is 0. The van der Waals surface area contributed by atoms with Gasteiger partial charge in [-0.1, -0.05) is 41.9 Å². The molecule has 3 aromatic carbocycles. The number of esters is 1. The Morgan fingerprint density at radius 3 is 2.25 bits per heavy atom. The summed E-state index contributed by atoms with van der Waals surface area (Å²) in [6.07, 6.45) is -6.51. The zero-order valence-electron chi connectivity index (χ0n) is 18.3. The van der Waals surface area contributed by atoms with Crippen molar-refractivity contribution in [2.75, 3.05) is 10.6 Å². The van der Waals surface area contributed by atoms with E-state index in [9.17, 15) is 27.6 Å². The number of ether oxygens (including phenoxy) is 1. The molecule has 0 aliphatic rings. The van der Waals surface area contributed by atoms with Crippen LogP contribution >= 0.6 is 11.6 Å². The SMILES string of the molecule is N#CCC(=O)Nc1ccc(C(=O)O[C@@H](C(=O)Nc2cc(C(F)(F)F)ccc2Cl)c2ccccc2)cc1. The Hall–Kier alpha value is -4.36. The Labute approximate surface area is 208 Å². The molecule has 11 heteroatoms. The fourth-order valence-corrected chi connectivity index (χ4v) is 3.20. The van der Waals surface area contributed by atoms with Gasteiger partial charge in [0, 0.05) is 11.3 Å². The van der Waals surface area contributed by atoms with Crippen molar-refractivity contribution in [1.29, 1.82) is 5.26 Å². The summed E-state index contributed by atoms with van der Waals surface area (Å²) in [6, 6.07) is 17.6. The largest absolute Gasteiger partial charge is 0.444 e. The molecule has 0 aliphatic carbocycles. The van der Waals surface area contributed by atoms with Gasteiger partial charge in [-0.2, -0.15) is 18.4 Å². The Balaban J connectivity index is 1.82. The van der Waals surface area contributed by atoms with Crippen molar-refractivity contribution in [2.45, 2.75) is 18.7 Å². The van der Waals surface area contributed by atoms with Gasteiger partial charge in [-0.15, -0.1) is 0 Å². The number of carbonyl (C=O) groups excluding carboxylic acids is 3. The van der Waals surface area contributed by atoms with Crippen LogP contribution in [-0.2, 0) is 20.5 Å². The molecule has 3 aromatic rings. The van der Waals surface area contributed by atoms with Crippen molar-refractivity contribution in [1.82, 2.24) is 0 Å². The average Bonchev–Trinajstić information content (AvgIpc) is 2.84. The molecule has 36 heavy (non-hydrogen) atoms. The minimum atomic E-state index is -4.66. The Morgan fingerprint density at radius 2 is 1.64 bits per heavy atom. The van der Waals surface area contributed by atoms with Gasteiger partial charge in [-0.3, -0.25) is 9.59 Å². The zero-order chi connectivity index (χ0) is 26.3. The molecule has 3 rings (SSSR count). The van der Waals surface area contributed by atoms with Gasteiger partial charge in [0.1, 0.15) is 6.42 Å². The Bertz CT molecular complexity index is 1310. The first kappa shape index (κ1) is 26.2. The maximum absolute atomic E-state index is 13.1. The Morgan fingerprint density at radius 1 is 0.972 bits per heavy atom. The standard InChI is InChI=1S/C25H17ClF3N3O4/c26-19-11-8-17(25(27,28)29)14-20(19)32-23(34)22(15-4-2-1-3-5-15)36-24(35)16-6-9-18(10-7-16)31-21(33)12-13-30/h1-11,14,22H,12H2,(H,31,33)(H,32,34)/t22-/m1/s1. The highest BCUT2D eigenvalue weighted by atomic mass is 35.5. The predicted octanol–water partition coefficient (Wildman–Crippen LogP) is 5.75. The zero-order valence-corrected chi connectivity index (χ0v) is 19.1. The van der Waals surface area contributed by atoms with Gasteiger partial charge < -0.3 is 15.4 Å². The Kier molecular flexibility index (Phi) is 8.30. The summed E-state index contributed by atoms with van der Waals surface area (Å²) >= 11 is 5.98. The number of rotatable bonds is 7. The van der Waals surface area contributed by atoms with Gasteiger partial charge in [0.05, 0.1) is 27.9 Å². The topological polar surface area (TPSA) is 108 Å². The fourth-order valence-electron chi connectivity index (χ4n) is 3.04. The highest BCUT2D eigenvalue weighted by molar-refractivity contribution is 6.33. The van der Waals surface area contributed by atoms with Crippen molar-refractivity contribution < 1.29 is 32.3 Å². The lowest BCUT2D eigenvalue weighted by atomic mass is 10.1. The third-order valence-corrected chi connectivity index (χ3v) is 5.09. The molecule has 0 heterocycles. The number of amides is 2. The van der Waals surface area contributed by atoms with Gasteiger partial charge in [0.2, 0.25) is 12.0 Å². The minimum absolute atomic E-state index is 0.0408. The second kappa shape index (κ2) is 11.4. The minimum Gasteiger partial charge on any atom is -0.444 e. The molecule has 7 nitrogen and oxygen atoms in total. The lowest BCUT2D eigenvalue weighted by Gasteiger charge is -2.19. The molecule has 0 bridgehead atoms. The predicted molar refractivity (Wildman–Crippen MR) is 125 cm³/mol. The van der Waals surface area contributed by atoms with Crippen molar-refractivity contribution in [3.63, 3.8) is 0 Å². The summed E-state index contributed by atoms with van der Waals surface area (Å²) in [5.41, 5.74) is -0.669. The van der Waals surface area contributed by atoms with Crippen LogP contribution in [0.3, 0.4) is 0 Å². The lowest BCUT2D eigenvalue weighted by Crippen LogP contribution is -2.26. The first-order chi connectivity index (χ1) is 17.1. The highest BCUT2D eigenvalue weighted by Crippen LogP contribution is 2.34. The normalized spacial score (nSPS) is 11.6. The second-order valence-electron chi connectivity index (χ2n) is 7.34. The van der Waals surface area contributed by atoms with Crippen LogP contribution in [0, 0.1) is 11.3 Å². The van der Waals surface area contributed by atoms with Crippen LogP contribution in [0.15, 0.2) is 72.8 Å². The van der Waals surface area contributed by atoms with Crippen LogP contribution in [0.1, 0.15) is 34.0 Å². The van der Waals surface area contributed by atoms with Gasteiger partial charge >= 0.3 is 12.1 Å². The molecule has 0 unspecified atom stereocenters. The summed E-state index contributed by atoms with van der Waals surface area (Å²) in [5.74, 6) is -2.35. The highest BCUT2D eigenvalue weighted by Gasteiger charge is 2.32. The van der Waals surface area contributed by atoms with Gasteiger partial charge in [0.25, 0.3) is 5.91 Å². The molecule has 0 aromatic heterocycles. The molecule has 0 saturated carbocycles. The van der Waals surface area contributed by atoms with E-state index in [1.54, 1.807) is 24.3 Å². The maximum Gasteiger partial charge on any atom is 0.416 e. The van der Waals surface area contributed by atoms with E-state index in [0.717, 1.165) is 12.1 Å². The number of nitrogens with one attached hydrogen (secondary N) is 2. The molecule has 0 fully saturated rings. The van der Waals surface area contributed by atoms with Crippen molar-refractivity contribution in [2.24, 2.45) is 0 Å². The fraction of sp³-hybridized carbons (Fsp3) is 0.120. The molecule has 0 aliphatic heterocycles. The monoisotopic (exact) mass is 515 g/mol. The number of nitriles is 1. The summed E-state index contributed by atoms with van der Waals surface area (Å²) in [6.45, 7) is 0. The van der Waals surface area contributed by atoms with Crippen LogP contribution in [-0.4, -0.2) is 17.8 Å². The number of hydrogen-bond acceptors (Lipinski definition) is 5. The van der Waals surface area contributed by atoms with Gasteiger partial charge in [-0.05, 0) is 42.5 Å². The van der Waals surface area contributed by atoms with E-state index in [-0.39, 0.29) is 28.3 Å². The van der Waals surface area contributed by atoms with E-state index < -0.39 is 35.6 Å². The third kappa shape index (κ3) is 6.84. The number of anilines is 2. The summed E-state index contributed by atoms with van der Waals surface area (Å²) in [5, 5.41) is 13.2. The van der Waals surface area contributed by atoms with E-state index in [2.05, 4.69) is 10.6 Å². The van der Waals surface area contributed by atoms with E-state index in [4.69, 9.17) is 21.6 Å². The second-order valence-corrected chi connectivity index (χ2v) is 7.75. The molecule has 0 spiro atoms. The number of nitrogens with zero attached hydrogens (tertiary/aromatic N) is 1. The molecule has 0 saturated heterocycles. The molecule has 2 N–H and O–H groups in total. The van der Waals surface area contributed by atoms with Crippen LogP contribution in [0.4, 0.5) is 24.5 Å². The van der Waals surface area contributed by atoms with Crippen molar-refractivity contribution in [3.05, 3.63) is 94.5 Å². The quantitative estimate of drug-likeness (QED) is 0.390. The van der Waals surface area contributed by atoms with Crippen LogP contribution in [0.25, 0.3) is 0 Å². The number of benzene rings is 3. The smallest absolute Gasteiger partial charge is 0.416 e. The molecule has 184 valence electrons. The molecular formula is C25H17ClF3N3O4. The number of alkyl halides is 3. The van der Waals surface area contributed by atoms with Crippen molar-refractivity contribution in [3.8, 4) is 6.07 Å². The summed E-state index contributed by atoms with van der Waals surface area (Å²) < 4.78 is 44.7. The first-order valence-corrected chi connectivity index (χ1v) is 10.7. The maximum atomic E-state index is 13.1. The summed E-state index contributed by atoms with van der Waals surface area (Å²) in [4.78, 5) is 37.3. The van der Waals surface area contributed by atoms with Gasteiger partial charge in [0.15, 0.2) is 0 Å². The molecule has 2 amide bonds. The molecule has 0 radical (unpaired) electrons. The molecular weight excluding hydrogens is 499 g/mol. The van der Waals surface area contributed by atoms with Crippen molar-refractivity contribution >= 4 is 40.8 Å².